The highest BCUT2D eigenvalue weighted by Crippen LogP contribution is 2.15. The highest BCUT2D eigenvalue weighted by Gasteiger charge is 2.29. The number of nitrogens with two attached hydrogens (primary N) is 1. The molecule has 0 fully saturated rings. The molecule has 0 bridgehead atoms. The van der Waals surface area contributed by atoms with Crippen LogP contribution in [0, 0.1) is 0 Å². The van der Waals surface area contributed by atoms with Crippen molar-refractivity contribution in [1.82, 2.24) is 16.0 Å². The second kappa shape index (κ2) is 25.4. The van der Waals surface area contributed by atoms with E-state index in [1.807, 2.05) is 36.6 Å². The molecule has 0 heterocycles. The normalized spacial score (nSPS) is 12.9. The molecule has 0 radical (unpaired) electrons. The largest absolute Gasteiger partial charge is 0.508 e. The number of nitrogens with one attached hydrogen (secondary N) is 3. The number of thioether (sulfide) groups is 1. The number of rotatable bonds is 27. The Hall–Kier alpha value is -3.53. The summed E-state index contributed by atoms with van der Waals surface area (Å²) in [6.07, 6.45) is 18.7. The number of amides is 4. The summed E-state index contributed by atoms with van der Waals surface area (Å²) in [7, 11) is 0. The van der Waals surface area contributed by atoms with E-state index in [0.29, 0.717) is 18.6 Å². The summed E-state index contributed by atoms with van der Waals surface area (Å²) in [4.78, 5) is 52.4. The number of hydrogen-bond acceptors (Lipinski definition) is 6. The van der Waals surface area contributed by atoms with Crippen LogP contribution in [-0.2, 0) is 32.0 Å². The number of benzene rings is 2. The Kier molecular flexibility index (Phi) is 21.6. The van der Waals surface area contributed by atoms with Gasteiger partial charge in [0.2, 0.25) is 23.6 Å². The summed E-state index contributed by atoms with van der Waals surface area (Å²) >= 11 is 1.54. The van der Waals surface area contributed by atoms with Crippen LogP contribution in [0.25, 0.3) is 0 Å². The van der Waals surface area contributed by atoms with Gasteiger partial charge in [-0.2, -0.15) is 11.8 Å². The molecular formula is C39H60N4O5S. The third-order valence-corrected chi connectivity index (χ3v) is 9.37. The smallest absolute Gasteiger partial charge is 0.243 e. The van der Waals surface area contributed by atoms with Crippen LogP contribution in [0.3, 0.4) is 0 Å². The molecule has 0 aliphatic heterocycles. The van der Waals surface area contributed by atoms with E-state index in [0.717, 1.165) is 30.4 Å². The van der Waals surface area contributed by atoms with Crippen LogP contribution in [-0.4, -0.2) is 58.9 Å². The summed E-state index contributed by atoms with van der Waals surface area (Å²) in [5.41, 5.74) is 7.14. The van der Waals surface area contributed by atoms with Crippen LogP contribution >= 0.6 is 11.8 Å². The van der Waals surface area contributed by atoms with Crippen molar-refractivity contribution in [2.45, 2.75) is 134 Å². The molecule has 4 amide bonds. The van der Waals surface area contributed by atoms with E-state index in [1.54, 1.807) is 12.1 Å². The third-order valence-electron chi connectivity index (χ3n) is 8.72. The van der Waals surface area contributed by atoms with Gasteiger partial charge in [0.05, 0.1) is 0 Å². The lowest BCUT2D eigenvalue weighted by atomic mass is 10.0. The van der Waals surface area contributed by atoms with E-state index in [4.69, 9.17) is 5.73 Å². The predicted molar refractivity (Wildman–Crippen MR) is 200 cm³/mol. The van der Waals surface area contributed by atoms with Gasteiger partial charge in [0, 0.05) is 19.3 Å². The van der Waals surface area contributed by atoms with Gasteiger partial charge in [-0.25, -0.2) is 0 Å². The van der Waals surface area contributed by atoms with Crippen molar-refractivity contribution in [3.8, 4) is 5.75 Å². The van der Waals surface area contributed by atoms with Crippen LogP contribution in [0.2, 0.25) is 0 Å². The van der Waals surface area contributed by atoms with Gasteiger partial charge < -0.3 is 26.8 Å². The maximum absolute atomic E-state index is 13.8. The molecule has 2 aromatic carbocycles. The molecule has 0 unspecified atom stereocenters. The number of phenols is 1. The third kappa shape index (κ3) is 18.7. The topological polar surface area (TPSA) is 151 Å². The molecule has 49 heavy (non-hydrogen) atoms. The maximum atomic E-state index is 13.8. The number of carbonyl (C=O) groups excluding carboxylic acids is 4. The van der Waals surface area contributed by atoms with Gasteiger partial charge in [-0.1, -0.05) is 126 Å². The van der Waals surface area contributed by atoms with E-state index in [9.17, 15) is 24.3 Å². The van der Waals surface area contributed by atoms with Gasteiger partial charge in [-0.3, -0.25) is 19.2 Å². The first-order valence-electron chi connectivity index (χ1n) is 18.2. The first-order chi connectivity index (χ1) is 23.7. The molecule has 10 heteroatoms. The molecule has 2 rings (SSSR count). The number of unbranched alkanes of at least 4 members (excludes halogenated alkanes) is 12. The van der Waals surface area contributed by atoms with Crippen LogP contribution in [0.5, 0.6) is 5.75 Å². The van der Waals surface area contributed by atoms with Crippen molar-refractivity contribution in [1.29, 1.82) is 0 Å². The summed E-state index contributed by atoms with van der Waals surface area (Å²) < 4.78 is 0. The minimum atomic E-state index is -1.01. The summed E-state index contributed by atoms with van der Waals surface area (Å²) in [6, 6.07) is 12.9. The van der Waals surface area contributed by atoms with Crippen LogP contribution in [0.4, 0.5) is 0 Å². The van der Waals surface area contributed by atoms with E-state index in [-0.39, 0.29) is 24.5 Å². The van der Waals surface area contributed by atoms with Gasteiger partial charge in [0.1, 0.15) is 23.9 Å². The Morgan fingerprint density at radius 3 is 1.63 bits per heavy atom. The number of carbonyl (C=O) groups is 4. The molecule has 0 aliphatic carbocycles. The highest BCUT2D eigenvalue weighted by atomic mass is 32.2. The summed E-state index contributed by atoms with van der Waals surface area (Å²) in [6.45, 7) is 2.24. The molecule has 0 aliphatic rings. The Morgan fingerprint density at radius 1 is 0.653 bits per heavy atom. The molecule has 0 saturated heterocycles. The van der Waals surface area contributed by atoms with Crippen molar-refractivity contribution in [3.05, 3.63) is 65.7 Å². The van der Waals surface area contributed by atoms with Crippen molar-refractivity contribution < 1.29 is 24.3 Å². The molecule has 2 aromatic rings. The van der Waals surface area contributed by atoms with Crippen molar-refractivity contribution in [3.63, 3.8) is 0 Å². The summed E-state index contributed by atoms with van der Waals surface area (Å²) in [5.74, 6) is -1.17. The van der Waals surface area contributed by atoms with Crippen LogP contribution in [0.1, 0.15) is 114 Å². The zero-order valence-corrected chi connectivity index (χ0v) is 30.5. The Labute approximate surface area is 298 Å². The second-order valence-corrected chi connectivity index (χ2v) is 14.0. The van der Waals surface area contributed by atoms with Crippen molar-refractivity contribution >= 4 is 35.4 Å². The van der Waals surface area contributed by atoms with Gasteiger partial charge in [-0.05, 0) is 48.1 Å². The van der Waals surface area contributed by atoms with Gasteiger partial charge in [0.15, 0.2) is 0 Å². The molecule has 0 saturated carbocycles. The van der Waals surface area contributed by atoms with Gasteiger partial charge >= 0.3 is 0 Å². The first-order valence-corrected chi connectivity index (χ1v) is 19.6. The number of primary amides is 1. The molecule has 9 nitrogen and oxygen atoms in total. The van der Waals surface area contributed by atoms with Gasteiger partial charge in [-0.15, -0.1) is 0 Å². The van der Waals surface area contributed by atoms with Crippen LogP contribution in [0.15, 0.2) is 54.6 Å². The van der Waals surface area contributed by atoms with E-state index in [1.165, 1.54) is 88.1 Å². The van der Waals surface area contributed by atoms with Crippen molar-refractivity contribution in [2.24, 2.45) is 5.73 Å². The fraction of sp³-hybridized carbons (Fsp3) is 0.590. The number of hydrogen-bond donors (Lipinski definition) is 5. The number of phenolic OH excluding ortho intramolecular Hbond substituents is 1. The molecule has 0 aromatic heterocycles. The standard InChI is InChI=1S/C39H60N4O5S/c1-3-4-5-6-7-8-9-10-11-12-13-14-18-21-36(45)41-34(29-31-22-24-32(44)25-23-31)38(47)43-35(28-30-19-16-15-17-20-30)39(48)42-33(37(40)46)26-27-49-2/h15-17,19-20,22-25,33-35,44H,3-14,18,21,26-29H2,1-2H3,(H2,40,46)(H,41,45)(H,42,48)(H,43,47)/t33-,34-,35-/m0/s1. The van der Waals surface area contributed by atoms with Gasteiger partial charge in [0.25, 0.3) is 0 Å². The average Bonchev–Trinajstić information content (AvgIpc) is 3.09. The molecule has 3 atom stereocenters. The monoisotopic (exact) mass is 696 g/mol. The Morgan fingerprint density at radius 2 is 1.12 bits per heavy atom. The van der Waals surface area contributed by atoms with Crippen molar-refractivity contribution in [2.75, 3.05) is 12.0 Å². The van der Waals surface area contributed by atoms with Crippen LogP contribution < -0.4 is 21.7 Å². The highest BCUT2D eigenvalue weighted by molar-refractivity contribution is 7.98. The lowest BCUT2D eigenvalue weighted by Crippen LogP contribution is -2.57. The molecule has 6 N–H and O–H groups in total. The molecule has 272 valence electrons. The SMILES string of the molecule is CCCCCCCCCCCCCCCC(=O)N[C@@H](Cc1ccc(O)cc1)C(=O)N[C@@H](Cc1ccccc1)C(=O)N[C@@H](CCSC)C(N)=O. The first kappa shape index (κ1) is 41.6. The number of aromatic hydroxyl groups is 1. The maximum Gasteiger partial charge on any atom is 0.243 e. The van der Waals surface area contributed by atoms with E-state index in [2.05, 4.69) is 22.9 Å². The zero-order chi connectivity index (χ0) is 35.7. The lowest BCUT2D eigenvalue weighted by Gasteiger charge is -2.25. The molecule has 0 spiro atoms. The fourth-order valence-corrected chi connectivity index (χ4v) is 6.24. The minimum absolute atomic E-state index is 0.0984. The fourth-order valence-electron chi connectivity index (χ4n) is 5.77. The zero-order valence-electron chi connectivity index (χ0n) is 29.7. The second-order valence-electron chi connectivity index (χ2n) is 13.0. The lowest BCUT2D eigenvalue weighted by molar-refractivity contribution is -0.133. The van der Waals surface area contributed by atoms with E-state index < -0.39 is 35.8 Å². The Bertz CT molecular complexity index is 1230. The minimum Gasteiger partial charge on any atom is -0.508 e. The van der Waals surface area contributed by atoms with E-state index >= 15 is 0 Å². The quantitative estimate of drug-likeness (QED) is 0.0687. The average molecular weight is 697 g/mol. The molecular weight excluding hydrogens is 637 g/mol. The Balaban J connectivity index is 1.98. The predicted octanol–water partition coefficient (Wildman–Crippen LogP) is 6.35. The summed E-state index contributed by atoms with van der Waals surface area (Å²) in [5, 5.41) is 18.2.